The zero-order valence-corrected chi connectivity index (χ0v) is 17.3. The Morgan fingerprint density at radius 2 is 1.71 bits per heavy atom. The molecule has 2 aromatic rings. The van der Waals surface area contributed by atoms with Gasteiger partial charge in [0.2, 0.25) is 10.0 Å². The summed E-state index contributed by atoms with van der Waals surface area (Å²) in [6, 6.07) is 14.5. The number of carbonyl (C=O) groups excluding carboxylic acids is 1. The summed E-state index contributed by atoms with van der Waals surface area (Å²) in [6.07, 6.45) is 3.44. The van der Waals surface area contributed by atoms with Gasteiger partial charge in [-0.1, -0.05) is 41.9 Å². The molecular formula is C21H25ClN2O3S. The number of nitrogens with one attached hydrogen (secondary N) is 1. The number of hydrogen-bond acceptors (Lipinski definition) is 3. The number of hydrogen-bond donors (Lipinski definition) is 1. The molecule has 0 atom stereocenters. The van der Waals surface area contributed by atoms with E-state index in [1.54, 1.807) is 28.6 Å². The minimum absolute atomic E-state index is 0.0211. The molecule has 1 fully saturated rings. The summed E-state index contributed by atoms with van der Waals surface area (Å²) in [5.41, 5.74) is 2.30. The van der Waals surface area contributed by atoms with Crippen LogP contribution in [0.25, 0.3) is 0 Å². The second kappa shape index (κ2) is 9.54. The van der Waals surface area contributed by atoms with Crippen LogP contribution in [0.2, 0.25) is 5.02 Å². The minimum atomic E-state index is -3.27. The summed E-state index contributed by atoms with van der Waals surface area (Å²) >= 11 is 6.13. The lowest BCUT2D eigenvalue weighted by Gasteiger charge is -2.15. The molecule has 1 amide bonds. The van der Waals surface area contributed by atoms with Crippen LogP contribution < -0.4 is 5.32 Å². The second-order valence-corrected chi connectivity index (χ2v) is 9.39. The zero-order chi connectivity index (χ0) is 20.0. The molecule has 3 rings (SSSR count). The Morgan fingerprint density at radius 1 is 1.04 bits per heavy atom. The van der Waals surface area contributed by atoms with E-state index in [-0.39, 0.29) is 11.7 Å². The van der Waals surface area contributed by atoms with Gasteiger partial charge in [-0.2, -0.15) is 0 Å². The number of rotatable bonds is 8. The lowest BCUT2D eigenvalue weighted by atomic mass is 10.1. The van der Waals surface area contributed by atoms with E-state index in [0.29, 0.717) is 30.8 Å². The van der Waals surface area contributed by atoms with Crippen molar-refractivity contribution in [2.24, 2.45) is 0 Å². The Kier molecular flexibility index (Phi) is 7.10. The van der Waals surface area contributed by atoms with E-state index in [1.165, 1.54) is 0 Å². The summed E-state index contributed by atoms with van der Waals surface area (Å²) < 4.78 is 26.3. The topological polar surface area (TPSA) is 66.5 Å². The Bertz CT molecular complexity index is 908. The first-order valence-electron chi connectivity index (χ1n) is 9.54. The Morgan fingerprint density at radius 3 is 2.39 bits per heavy atom. The van der Waals surface area contributed by atoms with Crippen molar-refractivity contribution >= 4 is 27.5 Å². The number of carbonyl (C=O) groups is 1. The molecule has 28 heavy (non-hydrogen) atoms. The third-order valence-electron chi connectivity index (χ3n) is 4.89. The summed E-state index contributed by atoms with van der Waals surface area (Å²) in [6.45, 7) is 1.77. The number of aryl methyl sites for hydroxylation is 1. The quantitative estimate of drug-likeness (QED) is 0.663. The zero-order valence-electron chi connectivity index (χ0n) is 15.7. The molecule has 1 heterocycles. The Hall–Kier alpha value is -1.89. The highest BCUT2D eigenvalue weighted by Crippen LogP contribution is 2.18. The van der Waals surface area contributed by atoms with Gasteiger partial charge in [-0.25, -0.2) is 12.7 Å². The van der Waals surface area contributed by atoms with Crippen molar-refractivity contribution in [3.63, 3.8) is 0 Å². The summed E-state index contributed by atoms with van der Waals surface area (Å²) in [7, 11) is -3.27. The number of sulfonamides is 1. The predicted octanol–water partition coefficient (Wildman–Crippen LogP) is 3.63. The fourth-order valence-electron chi connectivity index (χ4n) is 3.30. The van der Waals surface area contributed by atoms with Gasteiger partial charge in [0.1, 0.15) is 0 Å². The molecule has 1 saturated heterocycles. The molecule has 0 radical (unpaired) electrons. The first kappa shape index (κ1) is 20.8. The van der Waals surface area contributed by atoms with E-state index in [1.807, 2.05) is 24.3 Å². The van der Waals surface area contributed by atoms with Crippen LogP contribution in [0.3, 0.4) is 0 Å². The van der Waals surface area contributed by atoms with Gasteiger partial charge in [-0.15, -0.1) is 0 Å². The van der Waals surface area contributed by atoms with Crippen molar-refractivity contribution in [3.8, 4) is 0 Å². The molecule has 1 N–H and O–H groups in total. The van der Waals surface area contributed by atoms with Gasteiger partial charge in [-0.05, 0) is 55.0 Å². The standard InChI is InChI=1S/C21H25ClN2O3S/c22-20-8-2-1-6-18(20)7-5-13-23-21(25)19-11-9-17(10-12-19)16-28(26,27)24-14-3-4-15-24/h1-2,6,8-12H,3-5,7,13-16H2,(H,23,25). The van der Waals surface area contributed by atoms with Crippen LogP contribution in [0.1, 0.15) is 40.7 Å². The van der Waals surface area contributed by atoms with E-state index in [2.05, 4.69) is 5.32 Å². The highest BCUT2D eigenvalue weighted by atomic mass is 35.5. The van der Waals surface area contributed by atoms with Crippen molar-refractivity contribution in [1.29, 1.82) is 0 Å². The van der Waals surface area contributed by atoms with Gasteiger partial charge in [0.25, 0.3) is 5.91 Å². The maximum absolute atomic E-state index is 12.4. The van der Waals surface area contributed by atoms with Crippen LogP contribution in [-0.4, -0.2) is 38.3 Å². The molecule has 5 nitrogen and oxygen atoms in total. The van der Waals surface area contributed by atoms with Crippen molar-refractivity contribution in [2.75, 3.05) is 19.6 Å². The highest BCUT2D eigenvalue weighted by Gasteiger charge is 2.25. The van der Waals surface area contributed by atoms with Gasteiger partial charge in [-0.3, -0.25) is 4.79 Å². The van der Waals surface area contributed by atoms with Gasteiger partial charge in [0, 0.05) is 30.2 Å². The van der Waals surface area contributed by atoms with Crippen LogP contribution in [0.4, 0.5) is 0 Å². The van der Waals surface area contributed by atoms with Gasteiger partial charge in [0.05, 0.1) is 5.75 Å². The van der Waals surface area contributed by atoms with Gasteiger partial charge in [0.15, 0.2) is 0 Å². The molecule has 0 saturated carbocycles. The van der Waals surface area contributed by atoms with Crippen molar-refractivity contribution in [3.05, 3.63) is 70.2 Å². The molecular weight excluding hydrogens is 396 g/mol. The number of benzene rings is 2. The Balaban J connectivity index is 1.47. The SMILES string of the molecule is O=C(NCCCc1ccccc1Cl)c1ccc(CS(=O)(=O)N2CCCC2)cc1. The Labute approximate surface area is 171 Å². The van der Waals surface area contributed by atoms with E-state index in [0.717, 1.165) is 36.3 Å². The lowest BCUT2D eigenvalue weighted by Crippen LogP contribution is -2.29. The van der Waals surface area contributed by atoms with E-state index in [9.17, 15) is 13.2 Å². The summed E-state index contributed by atoms with van der Waals surface area (Å²) in [5, 5.41) is 3.64. The van der Waals surface area contributed by atoms with Gasteiger partial charge < -0.3 is 5.32 Å². The lowest BCUT2D eigenvalue weighted by molar-refractivity contribution is 0.0953. The first-order valence-corrected chi connectivity index (χ1v) is 11.5. The average molecular weight is 421 g/mol. The van der Waals surface area contributed by atoms with Crippen LogP contribution in [0.15, 0.2) is 48.5 Å². The van der Waals surface area contributed by atoms with Crippen LogP contribution >= 0.6 is 11.6 Å². The molecule has 0 bridgehead atoms. The van der Waals surface area contributed by atoms with Crippen molar-refractivity contribution < 1.29 is 13.2 Å². The molecule has 7 heteroatoms. The summed E-state index contributed by atoms with van der Waals surface area (Å²) in [4.78, 5) is 12.3. The van der Waals surface area contributed by atoms with Crippen molar-refractivity contribution in [1.82, 2.24) is 9.62 Å². The number of nitrogens with zero attached hydrogens (tertiary/aromatic N) is 1. The molecule has 2 aromatic carbocycles. The minimum Gasteiger partial charge on any atom is -0.352 e. The molecule has 0 aliphatic carbocycles. The predicted molar refractivity (Wildman–Crippen MR) is 112 cm³/mol. The van der Waals surface area contributed by atoms with Crippen molar-refractivity contribution in [2.45, 2.75) is 31.4 Å². The molecule has 0 spiro atoms. The van der Waals surface area contributed by atoms with Crippen LogP contribution in [-0.2, 0) is 22.2 Å². The third-order valence-corrected chi connectivity index (χ3v) is 7.11. The normalized spacial score (nSPS) is 14.9. The first-order chi connectivity index (χ1) is 13.5. The van der Waals surface area contributed by atoms with E-state index < -0.39 is 10.0 Å². The third kappa shape index (κ3) is 5.56. The highest BCUT2D eigenvalue weighted by molar-refractivity contribution is 7.88. The molecule has 0 unspecified atom stereocenters. The maximum Gasteiger partial charge on any atom is 0.251 e. The fraction of sp³-hybridized carbons (Fsp3) is 0.381. The number of amides is 1. The monoisotopic (exact) mass is 420 g/mol. The van der Waals surface area contributed by atoms with E-state index in [4.69, 9.17) is 11.6 Å². The van der Waals surface area contributed by atoms with Crippen LogP contribution in [0.5, 0.6) is 0 Å². The van der Waals surface area contributed by atoms with Gasteiger partial charge >= 0.3 is 0 Å². The van der Waals surface area contributed by atoms with Crippen LogP contribution in [0, 0.1) is 0 Å². The molecule has 1 aliphatic heterocycles. The van der Waals surface area contributed by atoms with E-state index >= 15 is 0 Å². The fourth-order valence-corrected chi connectivity index (χ4v) is 5.15. The largest absolute Gasteiger partial charge is 0.352 e. The maximum atomic E-state index is 12.4. The molecule has 0 aromatic heterocycles. The molecule has 1 aliphatic rings. The summed E-state index contributed by atoms with van der Waals surface area (Å²) in [5.74, 6) is -0.180. The second-order valence-electron chi connectivity index (χ2n) is 7.01. The molecule has 150 valence electrons. The number of halogens is 1. The average Bonchev–Trinajstić information content (AvgIpc) is 3.22. The smallest absolute Gasteiger partial charge is 0.251 e.